The van der Waals surface area contributed by atoms with Gasteiger partial charge in [0, 0.05) is 24.5 Å². The van der Waals surface area contributed by atoms with E-state index in [-0.39, 0.29) is 24.5 Å². The number of carbonyl (C=O) groups excluding carboxylic acids is 1. The standard InChI is InChI=1S/C25H37N5O3/c1-17(2)27-25(33)24-21-15-19(4-3-18-7-11-26-12-8-18)5-6-22(21)30(28-24)20-9-13-29(14-10-20)16-23(31)32/h5-6,15,17-18,20,26H,3-4,7-14,16H2,1-2H3,(H,27,33)(H,31,32). The number of piperidine rings is 2. The quantitative estimate of drug-likeness (QED) is 0.566. The van der Waals surface area contributed by atoms with Crippen molar-refractivity contribution in [2.45, 2.75) is 64.5 Å². The van der Waals surface area contributed by atoms with Crippen LogP contribution in [0.25, 0.3) is 10.9 Å². The van der Waals surface area contributed by atoms with Crippen molar-refractivity contribution in [2.75, 3.05) is 32.7 Å². The number of aromatic nitrogens is 2. The first kappa shape index (κ1) is 23.7. The zero-order valence-corrected chi connectivity index (χ0v) is 19.8. The molecule has 1 aromatic carbocycles. The lowest BCUT2D eigenvalue weighted by molar-refractivity contribution is -0.138. The highest BCUT2D eigenvalue weighted by Gasteiger charge is 2.26. The number of aliphatic carboxylic acids is 1. The molecule has 0 bridgehead atoms. The van der Waals surface area contributed by atoms with E-state index in [1.165, 1.54) is 24.8 Å². The zero-order chi connectivity index (χ0) is 23.4. The molecule has 8 nitrogen and oxygen atoms in total. The molecule has 1 aromatic heterocycles. The van der Waals surface area contributed by atoms with Crippen molar-refractivity contribution in [3.05, 3.63) is 29.5 Å². The number of nitrogens with zero attached hydrogens (tertiary/aromatic N) is 3. The number of rotatable bonds is 8. The molecule has 0 spiro atoms. The molecule has 33 heavy (non-hydrogen) atoms. The van der Waals surface area contributed by atoms with Gasteiger partial charge in [-0.1, -0.05) is 6.07 Å². The van der Waals surface area contributed by atoms with Crippen molar-refractivity contribution in [1.82, 2.24) is 25.3 Å². The van der Waals surface area contributed by atoms with Crippen LogP contribution in [0.4, 0.5) is 0 Å². The van der Waals surface area contributed by atoms with Gasteiger partial charge in [0.15, 0.2) is 5.69 Å². The third kappa shape index (κ3) is 5.92. The lowest BCUT2D eigenvalue weighted by atomic mass is 9.91. The number of carboxylic acids is 1. The van der Waals surface area contributed by atoms with E-state index in [0.717, 1.165) is 62.3 Å². The van der Waals surface area contributed by atoms with Gasteiger partial charge in [-0.25, -0.2) is 0 Å². The Morgan fingerprint density at radius 1 is 1.18 bits per heavy atom. The van der Waals surface area contributed by atoms with Crippen LogP contribution in [0.15, 0.2) is 18.2 Å². The molecular formula is C25H37N5O3. The van der Waals surface area contributed by atoms with Crippen LogP contribution in [0, 0.1) is 5.92 Å². The minimum absolute atomic E-state index is 0.0417. The fourth-order valence-electron chi connectivity index (χ4n) is 5.17. The Morgan fingerprint density at radius 2 is 1.91 bits per heavy atom. The van der Waals surface area contributed by atoms with Crippen LogP contribution >= 0.6 is 0 Å². The normalized spacial score (nSPS) is 18.8. The smallest absolute Gasteiger partial charge is 0.317 e. The summed E-state index contributed by atoms with van der Waals surface area (Å²) in [6.07, 6.45) is 6.33. The van der Waals surface area contributed by atoms with Crippen LogP contribution < -0.4 is 10.6 Å². The molecule has 2 saturated heterocycles. The first-order valence-electron chi connectivity index (χ1n) is 12.4. The number of hydrogen-bond acceptors (Lipinski definition) is 5. The first-order valence-corrected chi connectivity index (χ1v) is 12.4. The topological polar surface area (TPSA) is 99.5 Å². The van der Waals surface area contributed by atoms with E-state index in [1.54, 1.807) is 0 Å². The van der Waals surface area contributed by atoms with E-state index >= 15 is 0 Å². The summed E-state index contributed by atoms with van der Waals surface area (Å²) in [6, 6.07) is 6.68. The SMILES string of the molecule is CC(C)NC(=O)c1nn(C2CCN(CC(=O)O)CC2)c2ccc(CCC3CCNCC3)cc12. The lowest BCUT2D eigenvalue weighted by Gasteiger charge is -2.31. The van der Waals surface area contributed by atoms with Crippen LogP contribution in [0.3, 0.4) is 0 Å². The molecule has 2 aliphatic rings. The largest absolute Gasteiger partial charge is 0.480 e. The highest BCUT2D eigenvalue weighted by atomic mass is 16.4. The third-order valence-electron chi connectivity index (χ3n) is 6.97. The Morgan fingerprint density at radius 3 is 2.58 bits per heavy atom. The fourth-order valence-corrected chi connectivity index (χ4v) is 5.17. The molecule has 2 aromatic rings. The molecule has 180 valence electrons. The molecule has 3 N–H and O–H groups in total. The number of carboxylic acid groups (broad SMARTS) is 1. The van der Waals surface area contributed by atoms with Gasteiger partial charge in [-0.2, -0.15) is 5.10 Å². The fraction of sp³-hybridized carbons (Fsp3) is 0.640. The summed E-state index contributed by atoms with van der Waals surface area (Å²) < 4.78 is 2.01. The minimum Gasteiger partial charge on any atom is -0.480 e. The highest BCUT2D eigenvalue weighted by Crippen LogP contribution is 2.30. The van der Waals surface area contributed by atoms with Crippen molar-refractivity contribution in [3.8, 4) is 0 Å². The Balaban J connectivity index is 1.56. The van der Waals surface area contributed by atoms with Crippen molar-refractivity contribution in [2.24, 2.45) is 5.92 Å². The lowest BCUT2D eigenvalue weighted by Crippen LogP contribution is -2.38. The van der Waals surface area contributed by atoms with E-state index in [9.17, 15) is 9.59 Å². The Hall–Kier alpha value is -2.45. The average Bonchev–Trinajstić information content (AvgIpc) is 3.17. The van der Waals surface area contributed by atoms with Gasteiger partial charge in [-0.05, 0) is 89.1 Å². The average molecular weight is 456 g/mol. The van der Waals surface area contributed by atoms with Crippen LogP contribution in [0.2, 0.25) is 0 Å². The molecule has 0 atom stereocenters. The molecule has 1 amide bonds. The van der Waals surface area contributed by atoms with E-state index in [0.29, 0.717) is 5.69 Å². The molecular weight excluding hydrogens is 418 g/mol. The molecule has 0 radical (unpaired) electrons. The third-order valence-corrected chi connectivity index (χ3v) is 6.97. The molecule has 4 rings (SSSR count). The molecule has 2 aliphatic heterocycles. The van der Waals surface area contributed by atoms with Crippen molar-refractivity contribution in [1.29, 1.82) is 0 Å². The van der Waals surface area contributed by atoms with Crippen molar-refractivity contribution < 1.29 is 14.7 Å². The maximum atomic E-state index is 13.0. The second-order valence-corrected chi connectivity index (χ2v) is 9.91. The van der Waals surface area contributed by atoms with Crippen LogP contribution in [0.1, 0.15) is 68.0 Å². The molecule has 0 aliphatic carbocycles. The number of aryl methyl sites for hydroxylation is 1. The number of benzene rings is 1. The number of fused-ring (bicyclic) bond motifs is 1. The number of nitrogens with one attached hydrogen (secondary N) is 2. The van der Waals surface area contributed by atoms with Gasteiger partial charge in [0.25, 0.3) is 5.91 Å². The second kappa shape index (κ2) is 10.7. The van der Waals surface area contributed by atoms with Gasteiger partial charge in [0.1, 0.15) is 0 Å². The van der Waals surface area contributed by atoms with Gasteiger partial charge >= 0.3 is 5.97 Å². The highest BCUT2D eigenvalue weighted by molar-refractivity contribution is 6.05. The van der Waals surface area contributed by atoms with E-state index < -0.39 is 5.97 Å². The maximum absolute atomic E-state index is 13.0. The van der Waals surface area contributed by atoms with Crippen LogP contribution in [0.5, 0.6) is 0 Å². The first-order chi connectivity index (χ1) is 15.9. The maximum Gasteiger partial charge on any atom is 0.317 e. The number of hydrogen-bond donors (Lipinski definition) is 3. The molecule has 0 saturated carbocycles. The second-order valence-electron chi connectivity index (χ2n) is 9.91. The minimum atomic E-state index is -0.789. The van der Waals surface area contributed by atoms with Crippen LogP contribution in [-0.2, 0) is 11.2 Å². The Labute approximate surface area is 195 Å². The summed E-state index contributed by atoms with van der Waals surface area (Å²) in [5, 5.41) is 21.2. The van der Waals surface area contributed by atoms with E-state index in [1.807, 2.05) is 23.4 Å². The van der Waals surface area contributed by atoms with Crippen molar-refractivity contribution in [3.63, 3.8) is 0 Å². The van der Waals surface area contributed by atoms with Gasteiger partial charge in [0.2, 0.25) is 0 Å². The van der Waals surface area contributed by atoms with Crippen molar-refractivity contribution >= 4 is 22.8 Å². The van der Waals surface area contributed by atoms with Gasteiger partial charge < -0.3 is 15.7 Å². The summed E-state index contributed by atoms with van der Waals surface area (Å²) >= 11 is 0. The van der Waals surface area contributed by atoms with Crippen LogP contribution in [-0.4, -0.2) is 70.4 Å². The van der Waals surface area contributed by atoms with Gasteiger partial charge in [-0.15, -0.1) is 0 Å². The summed E-state index contributed by atoms with van der Waals surface area (Å²) in [4.78, 5) is 26.0. The number of likely N-dealkylation sites (tertiary alicyclic amines) is 1. The molecule has 8 heteroatoms. The van der Waals surface area contributed by atoms with E-state index in [4.69, 9.17) is 10.2 Å². The summed E-state index contributed by atoms with van der Waals surface area (Å²) in [5.41, 5.74) is 2.75. The number of amides is 1. The summed E-state index contributed by atoms with van der Waals surface area (Å²) in [6.45, 7) is 7.66. The number of carbonyl (C=O) groups is 2. The zero-order valence-electron chi connectivity index (χ0n) is 19.8. The predicted octanol–water partition coefficient (Wildman–Crippen LogP) is 2.83. The van der Waals surface area contributed by atoms with Gasteiger partial charge in [0.05, 0.1) is 18.1 Å². The monoisotopic (exact) mass is 455 g/mol. The Bertz CT molecular complexity index is 972. The van der Waals surface area contributed by atoms with E-state index in [2.05, 4.69) is 28.8 Å². The summed E-state index contributed by atoms with van der Waals surface area (Å²) in [5.74, 6) is -0.153. The molecule has 3 heterocycles. The van der Waals surface area contributed by atoms with Gasteiger partial charge in [-0.3, -0.25) is 19.2 Å². The Kier molecular flexibility index (Phi) is 7.65. The summed E-state index contributed by atoms with van der Waals surface area (Å²) in [7, 11) is 0. The predicted molar refractivity (Wildman–Crippen MR) is 129 cm³/mol. The molecule has 2 fully saturated rings. The molecule has 0 unspecified atom stereocenters.